The number of aliphatic hydroxyl groups is 1. The number of ether oxygens (including phenoxy) is 2. The third-order valence-corrected chi connectivity index (χ3v) is 7.72. The highest BCUT2D eigenvalue weighted by atomic mass is 35.5. The van der Waals surface area contributed by atoms with Crippen molar-refractivity contribution in [2.75, 3.05) is 57.5 Å². The van der Waals surface area contributed by atoms with Crippen LogP contribution in [-0.4, -0.2) is 85.5 Å². The van der Waals surface area contributed by atoms with Crippen LogP contribution in [-0.2, 0) is 14.8 Å². The zero-order valence-electron chi connectivity index (χ0n) is 18.7. The summed E-state index contributed by atoms with van der Waals surface area (Å²) in [4.78, 5) is 15.2. The van der Waals surface area contributed by atoms with Crippen LogP contribution in [0.1, 0.15) is 13.8 Å². The number of aliphatic hydroxyl groups excluding tert-OH is 1. The van der Waals surface area contributed by atoms with Crippen molar-refractivity contribution in [2.45, 2.75) is 19.1 Å². The summed E-state index contributed by atoms with van der Waals surface area (Å²) < 4.78 is 38.7. The van der Waals surface area contributed by atoms with Crippen molar-refractivity contribution < 1.29 is 23.0 Å². The van der Waals surface area contributed by atoms with Gasteiger partial charge in [0.2, 0.25) is 15.8 Å². The van der Waals surface area contributed by atoms with Gasteiger partial charge in [-0.25, -0.2) is 8.42 Å². The van der Waals surface area contributed by atoms with Crippen LogP contribution in [0.4, 0.5) is 5.69 Å². The number of rotatable bonds is 10. The van der Waals surface area contributed by atoms with Gasteiger partial charge in [-0.3, -0.25) is 4.79 Å². The maximum absolute atomic E-state index is 13.3. The van der Waals surface area contributed by atoms with E-state index >= 15 is 0 Å². The van der Waals surface area contributed by atoms with Crippen LogP contribution >= 0.6 is 11.6 Å². The van der Waals surface area contributed by atoms with Crippen molar-refractivity contribution in [3.63, 3.8) is 0 Å². The van der Waals surface area contributed by atoms with E-state index in [1.807, 2.05) is 4.90 Å². The minimum absolute atomic E-state index is 0.0951. The molecule has 1 fully saturated rings. The van der Waals surface area contributed by atoms with E-state index in [0.29, 0.717) is 42.6 Å². The number of nitrogens with zero attached hydrogens (tertiary/aromatic N) is 4. The van der Waals surface area contributed by atoms with Crippen LogP contribution in [0, 0.1) is 0 Å². The van der Waals surface area contributed by atoms with Crippen LogP contribution in [0.25, 0.3) is 5.69 Å². The van der Waals surface area contributed by atoms with Crippen LogP contribution in [0.2, 0.25) is 5.02 Å². The van der Waals surface area contributed by atoms with E-state index in [0.717, 1.165) is 0 Å². The molecule has 3 rings (SSSR count). The van der Waals surface area contributed by atoms with E-state index < -0.39 is 20.8 Å². The van der Waals surface area contributed by atoms with Gasteiger partial charge in [0.05, 0.1) is 37.0 Å². The molecule has 0 amide bonds. The van der Waals surface area contributed by atoms with Crippen LogP contribution in [0.15, 0.2) is 35.3 Å². The van der Waals surface area contributed by atoms with Crippen LogP contribution in [0.5, 0.6) is 5.75 Å². The number of piperazine rings is 1. The molecular weight excluding hydrogens is 472 g/mol. The van der Waals surface area contributed by atoms with Crippen molar-refractivity contribution in [1.82, 2.24) is 14.1 Å². The van der Waals surface area contributed by atoms with Crippen LogP contribution < -0.4 is 15.2 Å². The number of hydrogen-bond acceptors (Lipinski definition) is 8. The summed E-state index contributed by atoms with van der Waals surface area (Å²) in [5, 5.41) is 13.1. The minimum Gasteiger partial charge on any atom is -0.484 e. The highest BCUT2D eigenvalue weighted by Gasteiger charge is 2.31. The quantitative estimate of drug-likeness (QED) is 0.483. The molecule has 10 nitrogen and oxygen atoms in total. The number of hydrogen-bond donors (Lipinski definition) is 1. The first-order chi connectivity index (χ1) is 15.8. The van der Waals surface area contributed by atoms with Gasteiger partial charge in [-0.05, 0) is 32.0 Å². The molecule has 0 radical (unpaired) electrons. The van der Waals surface area contributed by atoms with Gasteiger partial charge in [0, 0.05) is 31.2 Å². The fraction of sp³-hybridized carbons (Fsp3) is 0.524. The Bertz CT molecular complexity index is 1100. The molecule has 1 aromatic heterocycles. The first kappa shape index (κ1) is 25.4. The van der Waals surface area contributed by atoms with Gasteiger partial charge >= 0.3 is 5.56 Å². The molecule has 1 N–H and O–H groups in total. The maximum atomic E-state index is 13.3. The van der Waals surface area contributed by atoms with Gasteiger partial charge < -0.3 is 19.5 Å². The van der Waals surface area contributed by atoms with E-state index in [2.05, 4.69) is 5.10 Å². The summed E-state index contributed by atoms with van der Waals surface area (Å²) in [5.74, 6) is 0.0951. The molecule has 1 aliphatic rings. The Kier molecular flexibility index (Phi) is 8.71. The van der Waals surface area contributed by atoms with Gasteiger partial charge in [0.15, 0.2) is 0 Å². The summed E-state index contributed by atoms with van der Waals surface area (Å²) in [6.45, 7) is 5.07. The average Bonchev–Trinajstić information content (AvgIpc) is 2.79. The highest BCUT2D eigenvalue weighted by molar-refractivity contribution is 7.89. The van der Waals surface area contributed by atoms with Crippen molar-refractivity contribution in [2.24, 2.45) is 0 Å². The van der Waals surface area contributed by atoms with Crippen molar-refractivity contribution in [3.05, 3.63) is 45.8 Å². The molecule has 2 heterocycles. The number of sulfonamides is 1. The second-order valence-corrected chi connectivity index (χ2v) is 10.6. The summed E-state index contributed by atoms with van der Waals surface area (Å²) in [6, 6.07) is 6.76. The monoisotopic (exact) mass is 500 g/mol. The fourth-order valence-electron chi connectivity index (χ4n) is 3.43. The van der Waals surface area contributed by atoms with Gasteiger partial charge in [-0.2, -0.15) is 14.1 Å². The van der Waals surface area contributed by atoms with Crippen molar-refractivity contribution in [1.29, 1.82) is 0 Å². The molecule has 0 saturated carbocycles. The lowest BCUT2D eigenvalue weighted by molar-refractivity contribution is 0.0701. The lowest BCUT2D eigenvalue weighted by atomic mass is 10.3. The number of benzene rings is 1. The van der Waals surface area contributed by atoms with E-state index in [-0.39, 0.29) is 32.2 Å². The van der Waals surface area contributed by atoms with Gasteiger partial charge in [-0.1, -0.05) is 17.7 Å². The van der Waals surface area contributed by atoms with Crippen LogP contribution in [0.3, 0.4) is 0 Å². The molecular formula is C21H29ClN4O6S. The Morgan fingerprint density at radius 3 is 2.52 bits per heavy atom. The molecule has 0 atom stereocenters. The van der Waals surface area contributed by atoms with E-state index in [9.17, 15) is 13.2 Å². The summed E-state index contributed by atoms with van der Waals surface area (Å²) in [7, 11) is -3.35. The van der Waals surface area contributed by atoms with Gasteiger partial charge in [-0.15, -0.1) is 0 Å². The Labute approximate surface area is 198 Å². The third-order valence-electron chi connectivity index (χ3n) is 5.21. The Balaban J connectivity index is 1.87. The maximum Gasteiger partial charge on any atom is 0.316 e. The molecule has 1 saturated heterocycles. The average molecular weight is 501 g/mol. The topological polar surface area (TPSA) is 114 Å². The molecule has 1 aromatic carbocycles. The Morgan fingerprint density at radius 1 is 1.15 bits per heavy atom. The number of anilines is 1. The minimum atomic E-state index is -3.35. The smallest absolute Gasteiger partial charge is 0.316 e. The Hall–Kier alpha value is -2.18. The van der Waals surface area contributed by atoms with Crippen molar-refractivity contribution >= 4 is 27.3 Å². The molecule has 1 aliphatic heterocycles. The third kappa shape index (κ3) is 6.04. The predicted molar refractivity (Wildman–Crippen MR) is 126 cm³/mol. The first-order valence-corrected chi connectivity index (χ1v) is 12.6. The molecule has 182 valence electrons. The molecule has 0 unspecified atom stereocenters. The Morgan fingerprint density at radius 2 is 1.88 bits per heavy atom. The normalized spacial score (nSPS) is 15.2. The SMILES string of the molecule is CC(C)S(=O)(=O)N1CCN(c2cnn(-c3cccc(Cl)c3)c(=O)c2OCCOCCO)CC1. The second-order valence-electron chi connectivity index (χ2n) is 7.72. The zero-order valence-corrected chi connectivity index (χ0v) is 20.3. The van der Waals surface area contributed by atoms with E-state index in [4.69, 9.17) is 26.2 Å². The first-order valence-electron chi connectivity index (χ1n) is 10.7. The van der Waals surface area contributed by atoms with E-state index in [1.54, 1.807) is 44.3 Å². The van der Waals surface area contributed by atoms with Crippen molar-refractivity contribution in [3.8, 4) is 11.4 Å². The summed E-state index contributed by atoms with van der Waals surface area (Å²) in [6.07, 6.45) is 1.54. The summed E-state index contributed by atoms with van der Waals surface area (Å²) in [5.41, 5.74) is 0.518. The highest BCUT2D eigenvalue weighted by Crippen LogP contribution is 2.26. The predicted octanol–water partition coefficient (Wildman–Crippen LogP) is 1.13. The molecule has 33 heavy (non-hydrogen) atoms. The number of halogens is 1. The fourth-order valence-corrected chi connectivity index (χ4v) is 4.89. The molecule has 0 aliphatic carbocycles. The largest absolute Gasteiger partial charge is 0.484 e. The lowest BCUT2D eigenvalue weighted by Gasteiger charge is -2.36. The van der Waals surface area contributed by atoms with Gasteiger partial charge in [0.1, 0.15) is 12.3 Å². The molecule has 2 aromatic rings. The summed E-state index contributed by atoms with van der Waals surface area (Å²) >= 11 is 6.07. The molecule has 12 heteroatoms. The lowest BCUT2D eigenvalue weighted by Crippen LogP contribution is -2.50. The zero-order chi connectivity index (χ0) is 24.0. The standard InChI is InChI=1S/C21H29ClN4O6S/c1-16(2)33(29,30)25-8-6-24(7-9-25)19-15-23-26(18-5-3-4-17(22)14-18)21(28)20(19)32-13-12-31-11-10-27/h3-5,14-16,27H,6-13H2,1-2H3. The second kappa shape index (κ2) is 11.3. The number of aromatic nitrogens is 2. The van der Waals surface area contributed by atoms with Gasteiger partial charge in [0.25, 0.3) is 0 Å². The van der Waals surface area contributed by atoms with E-state index in [1.165, 1.54) is 8.99 Å². The molecule has 0 spiro atoms. The molecule has 0 bridgehead atoms.